The van der Waals surface area contributed by atoms with Gasteiger partial charge in [0.25, 0.3) is 0 Å². The lowest BCUT2D eigenvalue weighted by molar-refractivity contribution is 0.160. The lowest BCUT2D eigenvalue weighted by atomic mass is 10.2. The van der Waals surface area contributed by atoms with Gasteiger partial charge in [-0.2, -0.15) is 0 Å². The molecule has 0 aromatic heterocycles. The zero-order chi connectivity index (χ0) is 10.6. The van der Waals surface area contributed by atoms with Gasteiger partial charge in [-0.05, 0) is 28.1 Å². The van der Waals surface area contributed by atoms with Crippen LogP contribution in [0.1, 0.15) is 5.56 Å². The molecule has 14 heavy (non-hydrogen) atoms. The van der Waals surface area contributed by atoms with E-state index in [-0.39, 0.29) is 0 Å². The first-order chi connectivity index (χ1) is 6.72. The van der Waals surface area contributed by atoms with Crippen LogP contribution in [0, 0.1) is 0 Å². The maximum absolute atomic E-state index is 8.61. The number of rotatable bonds is 4. The van der Waals surface area contributed by atoms with Crippen LogP contribution < -0.4 is 15.0 Å². The molecule has 0 aliphatic rings. The Hall–Kier alpha value is -0.780. The number of hydrogen-bond donors (Lipinski definition) is 2. The van der Waals surface area contributed by atoms with Gasteiger partial charge in [0.1, 0.15) is 11.5 Å². The minimum absolute atomic E-state index is 0.312. The predicted octanol–water partition coefficient (Wildman–Crippen LogP) is 1.95. The fourth-order valence-electron chi connectivity index (χ4n) is 1.15. The lowest BCUT2D eigenvalue weighted by Gasteiger charge is -2.11. The van der Waals surface area contributed by atoms with Crippen LogP contribution in [0.3, 0.4) is 0 Å². The van der Waals surface area contributed by atoms with Crippen molar-refractivity contribution in [1.82, 2.24) is 5.48 Å². The first kappa shape index (κ1) is 11.3. The quantitative estimate of drug-likeness (QED) is 0.814. The first-order valence-corrected chi connectivity index (χ1v) is 4.79. The van der Waals surface area contributed by atoms with Crippen LogP contribution in [-0.4, -0.2) is 19.4 Å². The summed E-state index contributed by atoms with van der Waals surface area (Å²) in [5, 5.41) is 8.61. The van der Waals surface area contributed by atoms with Crippen molar-refractivity contribution in [3.8, 4) is 11.5 Å². The van der Waals surface area contributed by atoms with Crippen molar-refractivity contribution in [2.75, 3.05) is 14.2 Å². The molecule has 78 valence electrons. The van der Waals surface area contributed by atoms with Crippen molar-refractivity contribution in [3.63, 3.8) is 0 Å². The maximum atomic E-state index is 8.61. The summed E-state index contributed by atoms with van der Waals surface area (Å²) < 4.78 is 11.1. The molecule has 0 saturated carbocycles. The largest absolute Gasteiger partial charge is 0.496 e. The summed E-state index contributed by atoms with van der Waals surface area (Å²) in [7, 11) is 3.16. The van der Waals surface area contributed by atoms with Crippen LogP contribution in [0.2, 0.25) is 0 Å². The monoisotopic (exact) mass is 261 g/mol. The molecule has 1 aromatic rings. The molecule has 0 fully saturated rings. The topological polar surface area (TPSA) is 50.7 Å². The SMILES string of the molecule is COc1cc(CNO)c(OC)cc1Br. The van der Waals surface area contributed by atoms with Crippen LogP contribution in [0.4, 0.5) is 0 Å². The van der Waals surface area contributed by atoms with Crippen LogP contribution in [0.15, 0.2) is 16.6 Å². The second-order valence-electron chi connectivity index (χ2n) is 2.63. The third-order valence-electron chi connectivity index (χ3n) is 1.82. The van der Waals surface area contributed by atoms with Crippen LogP contribution in [0.5, 0.6) is 11.5 Å². The average molecular weight is 262 g/mol. The summed E-state index contributed by atoms with van der Waals surface area (Å²) in [5.74, 6) is 1.40. The zero-order valence-corrected chi connectivity index (χ0v) is 9.59. The molecule has 0 atom stereocenters. The standard InChI is InChI=1S/C9H12BrNO3/c1-13-8-4-7(10)9(14-2)3-6(8)5-11-12/h3-4,11-12H,5H2,1-2H3. The van der Waals surface area contributed by atoms with E-state index in [0.29, 0.717) is 18.0 Å². The highest BCUT2D eigenvalue weighted by molar-refractivity contribution is 9.10. The number of methoxy groups -OCH3 is 2. The normalized spacial score (nSPS) is 10.0. The van der Waals surface area contributed by atoms with Gasteiger partial charge in [0, 0.05) is 12.1 Å². The van der Waals surface area contributed by atoms with Crippen molar-refractivity contribution >= 4 is 15.9 Å². The van der Waals surface area contributed by atoms with Crippen molar-refractivity contribution in [3.05, 3.63) is 22.2 Å². The molecule has 0 heterocycles. The third kappa shape index (κ3) is 2.37. The number of ether oxygens (including phenoxy) is 2. The van der Waals surface area contributed by atoms with E-state index in [1.165, 1.54) is 0 Å². The van der Waals surface area contributed by atoms with E-state index in [9.17, 15) is 0 Å². The van der Waals surface area contributed by atoms with Gasteiger partial charge < -0.3 is 14.7 Å². The smallest absolute Gasteiger partial charge is 0.133 e. The van der Waals surface area contributed by atoms with Gasteiger partial charge in [0.15, 0.2) is 0 Å². The van der Waals surface area contributed by atoms with Gasteiger partial charge in [-0.25, -0.2) is 5.48 Å². The van der Waals surface area contributed by atoms with E-state index in [2.05, 4.69) is 21.4 Å². The Morgan fingerprint density at radius 2 is 1.93 bits per heavy atom. The molecular formula is C9H12BrNO3. The number of benzene rings is 1. The highest BCUT2D eigenvalue weighted by Crippen LogP contribution is 2.32. The molecule has 0 spiro atoms. The molecular weight excluding hydrogens is 250 g/mol. The third-order valence-corrected chi connectivity index (χ3v) is 2.44. The van der Waals surface area contributed by atoms with E-state index < -0.39 is 0 Å². The summed E-state index contributed by atoms with van der Waals surface area (Å²) in [4.78, 5) is 0. The lowest BCUT2D eigenvalue weighted by Crippen LogP contribution is -2.07. The van der Waals surface area contributed by atoms with E-state index >= 15 is 0 Å². The van der Waals surface area contributed by atoms with Crippen LogP contribution in [0.25, 0.3) is 0 Å². The summed E-state index contributed by atoms with van der Waals surface area (Å²) in [5.41, 5.74) is 2.91. The van der Waals surface area contributed by atoms with Gasteiger partial charge in [-0.1, -0.05) is 0 Å². The van der Waals surface area contributed by atoms with Gasteiger partial charge in [-0.3, -0.25) is 0 Å². The summed E-state index contributed by atoms with van der Waals surface area (Å²) in [6.07, 6.45) is 0. The van der Waals surface area contributed by atoms with Gasteiger partial charge in [-0.15, -0.1) is 0 Å². The molecule has 0 unspecified atom stereocenters. The molecule has 4 nitrogen and oxygen atoms in total. The molecule has 0 saturated heterocycles. The van der Waals surface area contributed by atoms with E-state index in [4.69, 9.17) is 14.7 Å². The van der Waals surface area contributed by atoms with E-state index in [1.807, 2.05) is 0 Å². The number of halogens is 1. The average Bonchev–Trinajstić information content (AvgIpc) is 2.20. The van der Waals surface area contributed by atoms with E-state index in [0.717, 1.165) is 10.0 Å². The van der Waals surface area contributed by atoms with Crippen molar-refractivity contribution in [2.24, 2.45) is 0 Å². The highest BCUT2D eigenvalue weighted by Gasteiger charge is 2.08. The van der Waals surface area contributed by atoms with Crippen molar-refractivity contribution < 1.29 is 14.7 Å². The molecule has 5 heteroatoms. The number of hydroxylamine groups is 1. The highest BCUT2D eigenvalue weighted by atomic mass is 79.9. The minimum Gasteiger partial charge on any atom is -0.496 e. The molecule has 0 amide bonds. The van der Waals surface area contributed by atoms with Crippen molar-refractivity contribution in [1.29, 1.82) is 0 Å². The molecule has 0 radical (unpaired) electrons. The van der Waals surface area contributed by atoms with Crippen LogP contribution in [-0.2, 0) is 6.54 Å². The molecule has 0 bridgehead atoms. The van der Waals surface area contributed by atoms with E-state index in [1.54, 1.807) is 26.4 Å². The number of hydrogen-bond acceptors (Lipinski definition) is 4. The Kier molecular flexibility index (Phi) is 4.19. The Balaban J connectivity index is 3.11. The van der Waals surface area contributed by atoms with Gasteiger partial charge >= 0.3 is 0 Å². The summed E-state index contributed by atoms with van der Waals surface area (Å²) >= 11 is 3.35. The van der Waals surface area contributed by atoms with Gasteiger partial charge in [0.2, 0.25) is 0 Å². The minimum atomic E-state index is 0.312. The van der Waals surface area contributed by atoms with Crippen LogP contribution >= 0.6 is 15.9 Å². The van der Waals surface area contributed by atoms with Crippen molar-refractivity contribution in [2.45, 2.75) is 6.54 Å². The zero-order valence-electron chi connectivity index (χ0n) is 8.00. The second kappa shape index (κ2) is 5.19. The number of nitrogens with one attached hydrogen (secondary N) is 1. The Labute approximate surface area is 90.9 Å². The molecule has 2 N–H and O–H groups in total. The molecule has 0 aliphatic heterocycles. The predicted molar refractivity (Wildman–Crippen MR) is 55.9 cm³/mol. The summed E-state index contributed by atoms with van der Waals surface area (Å²) in [6, 6.07) is 3.59. The van der Waals surface area contributed by atoms with Gasteiger partial charge in [0.05, 0.1) is 18.7 Å². The summed E-state index contributed by atoms with van der Waals surface area (Å²) in [6.45, 7) is 0.312. The molecule has 0 aliphatic carbocycles. The fourth-order valence-corrected chi connectivity index (χ4v) is 1.63. The first-order valence-electron chi connectivity index (χ1n) is 4.00. The Morgan fingerprint density at radius 3 is 2.43 bits per heavy atom. The maximum Gasteiger partial charge on any atom is 0.133 e. The molecule has 1 rings (SSSR count). The fraction of sp³-hybridized carbons (Fsp3) is 0.333. The second-order valence-corrected chi connectivity index (χ2v) is 3.49. The Morgan fingerprint density at radius 1 is 1.29 bits per heavy atom. The molecule has 1 aromatic carbocycles. The Bertz CT molecular complexity index is 317.